The van der Waals surface area contributed by atoms with Crippen LogP contribution in [0.4, 0.5) is 10.1 Å². The molecule has 160 valence electrons. The summed E-state index contributed by atoms with van der Waals surface area (Å²) in [4.78, 5) is 19.4. The van der Waals surface area contributed by atoms with Gasteiger partial charge in [0.1, 0.15) is 5.82 Å². The summed E-state index contributed by atoms with van der Waals surface area (Å²) in [7, 11) is 0. The zero-order valence-corrected chi connectivity index (χ0v) is 18.4. The molecule has 0 bridgehead atoms. The van der Waals surface area contributed by atoms with E-state index in [1.807, 2.05) is 34.1 Å². The average Bonchev–Trinajstić information content (AvgIpc) is 2.77. The molecule has 0 aliphatic carbocycles. The number of piperazine rings is 1. The predicted octanol–water partition coefficient (Wildman–Crippen LogP) is 4.69. The van der Waals surface area contributed by atoms with Gasteiger partial charge in [0.25, 0.3) is 0 Å². The molecule has 0 saturated carbocycles. The molecule has 2 aromatic carbocycles. The molecule has 0 N–H and O–H groups in total. The number of carbonyl (C=O) groups is 1. The van der Waals surface area contributed by atoms with E-state index in [1.165, 1.54) is 6.07 Å². The molecule has 2 fully saturated rings. The zero-order chi connectivity index (χ0) is 21.1. The summed E-state index contributed by atoms with van der Waals surface area (Å²) >= 11 is 12.7. The minimum absolute atomic E-state index is 0.0139. The number of nitrogens with zero attached hydrogens (tertiary/aromatic N) is 3. The molecular formula is C23H26Cl2FN3O. The van der Waals surface area contributed by atoms with Gasteiger partial charge < -0.3 is 9.80 Å². The Hall–Kier alpha value is -1.82. The maximum atomic E-state index is 14.1. The molecule has 2 heterocycles. The number of halogens is 3. The molecule has 2 aliphatic heterocycles. The molecule has 0 radical (unpaired) electrons. The largest absolute Gasteiger partial charge is 0.366 e. The van der Waals surface area contributed by atoms with Gasteiger partial charge >= 0.3 is 0 Å². The van der Waals surface area contributed by atoms with E-state index in [4.69, 9.17) is 23.2 Å². The number of likely N-dealkylation sites (tertiary alicyclic amines) is 1. The van der Waals surface area contributed by atoms with Gasteiger partial charge in [0.2, 0.25) is 5.91 Å². The minimum atomic E-state index is -0.210. The average molecular weight is 450 g/mol. The van der Waals surface area contributed by atoms with Gasteiger partial charge in [-0.05, 0) is 43.7 Å². The van der Waals surface area contributed by atoms with Gasteiger partial charge in [-0.3, -0.25) is 9.69 Å². The maximum Gasteiger partial charge on any atom is 0.227 e. The Morgan fingerprint density at radius 1 is 0.967 bits per heavy atom. The van der Waals surface area contributed by atoms with Crippen LogP contribution in [0.1, 0.15) is 18.4 Å². The molecule has 30 heavy (non-hydrogen) atoms. The van der Waals surface area contributed by atoms with Crippen LogP contribution in [0.5, 0.6) is 0 Å². The molecule has 1 atom stereocenters. The molecule has 2 saturated heterocycles. The molecule has 1 amide bonds. The predicted molar refractivity (Wildman–Crippen MR) is 120 cm³/mol. The van der Waals surface area contributed by atoms with Crippen LogP contribution in [0.15, 0.2) is 42.5 Å². The summed E-state index contributed by atoms with van der Waals surface area (Å²) in [5.41, 5.74) is 1.54. The fourth-order valence-corrected chi connectivity index (χ4v) is 4.96. The van der Waals surface area contributed by atoms with Crippen LogP contribution in [0.3, 0.4) is 0 Å². The van der Waals surface area contributed by atoms with Gasteiger partial charge in [-0.1, -0.05) is 41.4 Å². The Morgan fingerprint density at radius 3 is 2.37 bits per heavy atom. The number of carbonyl (C=O) groups excluding carboxylic acids is 1. The van der Waals surface area contributed by atoms with E-state index in [2.05, 4.69) is 4.90 Å². The molecule has 7 heteroatoms. The van der Waals surface area contributed by atoms with Crippen molar-refractivity contribution in [3.63, 3.8) is 0 Å². The van der Waals surface area contributed by atoms with Crippen molar-refractivity contribution in [3.05, 3.63) is 63.9 Å². The summed E-state index contributed by atoms with van der Waals surface area (Å²) in [5.74, 6) is -0.0170. The highest BCUT2D eigenvalue weighted by molar-refractivity contribution is 6.35. The van der Waals surface area contributed by atoms with Crippen LogP contribution in [0.2, 0.25) is 10.0 Å². The van der Waals surface area contributed by atoms with Crippen LogP contribution in [0, 0.1) is 11.7 Å². The Labute approximate surface area is 187 Å². The summed E-state index contributed by atoms with van der Waals surface area (Å²) in [5, 5.41) is 1.33. The smallest absolute Gasteiger partial charge is 0.227 e. The lowest BCUT2D eigenvalue weighted by molar-refractivity contribution is -0.137. The molecule has 1 unspecified atom stereocenters. The number of amides is 1. The lowest BCUT2D eigenvalue weighted by Crippen LogP contribution is -2.52. The van der Waals surface area contributed by atoms with Gasteiger partial charge in [-0.25, -0.2) is 4.39 Å². The molecule has 4 rings (SSSR count). The topological polar surface area (TPSA) is 26.8 Å². The number of anilines is 1. The van der Waals surface area contributed by atoms with Crippen molar-refractivity contribution in [2.45, 2.75) is 19.4 Å². The number of benzene rings is 2. The summed E-state index contributed by atoms with van der Waals surface area (Å²) < 4.78 is 14.1. The van der Waals surface area contributed by atoms with Crippen molar-refractivity contribution in [2.24, 2.45) is 5.92 Å². The van der Waals surface area contributed by atoms with Crippen LogP contribution in [0.25, 0.3) is 0 Å². The van der Waals surface area contributed by atoms with Gasteiger partial charge in [0.15, 0.2) is 0 Å². The van der Waals surface area contributed by atoms with E-state index in [-0.39, 0.29) is 17.6 Å². The Kier molecular flexibility index (Phi) is 6.81. The molecule has 0 spiro atoms. The van der Waals surface area contributed by atoms with E-state index < -0.39 is 0 Å². The number of hydrogen-bond donors (Lipinski definition) is 0. The van der Waals surface area contributed by atoms with E-state index in [0.717, 1.165) is 24.9 Å². The second-order valence-corrected chi connectivity index (χ2v) is 8.85. The number of hydrogen-bond acceptors (Lipinski definition) is 3. The molecule has 2 aromatic rings. The third-order valence-electron chi connectivity index (χ3n) is 6.08. The first-order valence-corrected chi connectivity index (χ1v) is 11.2. The van der Waals surface area contributed by atoms with Gasteiger partial charge in [-0.2, -0.15) is 0 Å². The Balaban J connectivity index is 1.34. The minimum Gasteiger partial charge on any atom is -0.366 e. The Bertz CT molecular complexity index is 882. The Morgan fingerprint density at radius 2 is 1.67 bits per heavy atom. The monoisotopic (exact) mass is 449 g/mol. The lowest BCUT2D eigenvalue weighted by Gasteiger charge is -2.39. The summed E-state index contributed by atoms with van der Waals surface area (Å²) in [6, 6.07) is 12.4. The van der Waals surface area contributed by atoms with Gasteiger partial charge in [-0.15, -0.1) is 0 Å². The van der Waals surface area contributed by atoms with Crippen LogP contribution in [-0.4, -0.2) is 55.0 Å². The first-order chi connectivity index (χ1) is 14.5. The molecular weight excluding hydrogens is 424 g/mol. The second-order valence-electron chi connectivity index (χ2n) is 8.04. The van der Waals surface area contributed by atoms with Crippen molar-refractivity contribution < 1.29 is 9.18 Å². The fraction of sp³-hybridized carbons (Fsp3) is 0.435. The first-order valence-electron chi connectivity index (χ1n) is 10.5. The highest BCUT2D eigenvalue weighted by Gasteiger charge is 2.31. The normalized spacial score (nSPS) is 20.4. The van der Waals surface area contributed by atoms with E-state index >= 15 is 0 Å². The van der Waals surface area contributed by atoms with Gasteiger partial charge in [0, 0.05) is 54.9 Å². The quantitative estimate of drug-likeness (QED) is 0.676. The fourth-order valence-electron chi connectivity index (χ4n) is 4.44. The van der Waals surface area contributed by atoms with Crippen molar-refractivity contribution in [1.29, 1.82) is 0 Å². The van der Waals surface area contributed by atoms with Crippen LogP contribution >= 0.6 is 23.2 Å². The molecule has 4 nitrogen and oxygen atoms in total. The number of para-hydroxylation sites is 1. The highest BCUT2D eigenvalue weighted by atomic mass is 35.5. The molecule has 2 aliphatic rings. The van der Waals surface area contributed by atoms with Crippen molar-refractivity contribution >= 4 is 34.8 Å². The van der Waals surface area contributed by atoms with Crippen molar-refractivity contribution in [3.8, 4) is 0 Å². The zero-order valence-electron chi connectivity index (χ0n) is 16.9. The summed E-state index contributed by atoms with van der Waals surface area (Å²) in [6.07, 6.45) is 1.88. The third-order valence-corrected chi connectivity index (χ3v) is 6.79. The lowest BCUT2D eigenvalue weighted by atomic mass is 9.95. The number of piperidine rings is 1. The third kappa shape index (κ3) is 4.74. The summed E-state index contributed by atoms with van der Waals surface area (Å²) in [6.45, 7) is 4.86. The maximum absolute atomic E-state index is 14.1. The first kappa shape index (κ1) is 21.4. The second kappa shape index (κ2) is 9.54. The van der Waals surface area contributed by atoms with E-state index in [0.29, 0.717) is 55.0 Å². The number of rotatable bonds is 4. The van der Waals surface area contributed by atoms with E-state index in [1.54, 1.807) is 12.1 Å². The van der Waals surface area contributed by atoms with Crippen molar-refractivity contribution in [2.75, 3.05) is 44.2 Å². The highest BCUT2D eigenvalue weighted by Crippen LogP contribution is 2.28. The van der Waals surface area contributed by atoms with Crippen molar-refractivity contribution in [1.82, 2.24) is 9.80 Å². The molecule has 0 aromatic heterocycles. The van der Waals surface area contributed by atoms with Gasteiger partial charge in [0.05, 0.1) is 11.6 Å². The van der Waals surface area contributed by atoms with Crippen LogP contribution < -0.4 is 4.90 Å². The SMILES string of the molecule is O=C(C1CCCN(Cc2c(Cl)cccc2Cl)C1)N1CCN(c2ccccc2F)CC1. The van der Waals surface area contributed by atoms with E-state index in [9.17, 15) is 9.18 Å². The standard InChI is InChI=1S/C23H26Cl2FN3O/c24-19-6-3-7-20(25)18(19)16-27-10-4-5-17(15-27)23(30)29-13-11-28(12-14-29)22-9-2-1-8-21(22)26/h1-3,6-9,17H,4-5,10-16H2. The van der Waals surface area contributed by atoms with Crippen LogP contribution in [-0.2, 0) is 11.3 Å².